The molecule has 2 fully saturated rings. The highest BCUT2D eigenvalue weighted by Gasteiger charge is 2.36. The number of ketones is 1. The van der Waals surface area contributed by atoms with Gasteiger partial charge in [-0.05, 0) is 44.7 Å². The minimum Gasteiger partial charge on any atom is -0.496 e. The van der Waals surface area contributed by atoms with Crippen molar-refractivity contribution in [3.05, 3.63) is 35.2 Å². The molecular weight excluding hydrogens is 322 g/mol. The van der Waals surface area contributed by atoms with Crippen LogP contribution >= 0.6 is 11.8 Å². The molecule has 0 radical (unpaired) electrons. The number of hydrogen-bond acceptors (Lipinski definition) is 5. The van der Waals surface area contributed by atoms with Gasteiger partial charge in [0.05, 0.1) is 18.4 Å². The molecule has 2 saturated carbocycles. The van der Waals surface area contributed by atoms with Crippen molar-refractivity contribution in [2.75, 3.05) is 12.9 Å². The fourth-order valence-corrected chi connectivity index (χ4v) is 3.83. The number of aromatic nitrogens is 3. The molecule has 24 heavy (non-hydrogen) atoms. The number of hydrogen-bond donors (Lipinski definition) is 0. The molecule has 6 heteroatoms. The van der Waals surface area contributed by atoms with E-state index in [4.69, 9.17) is 4.74 Å². The van der Waals surface area contributed by atoms with Gasteiger partial charge in [0.15, 0.2) is 10.9 Å². The fourth-order valence-electron chi connectivity index (χ4n) is 2.93. The van der Waals surface area contributed by atoms with E-state index < -0.39 is 0 Å². The summed E-state index contributed by atoms with van der Waals surface area (Å²) in [7, 11) is 1.60. The number of carbonyl (C=O) groups is 1. The van der Waals surface area contributed by atoms with E-state index in [1.54, 1.807) is 7.11 Å². The molecule has 0 N–H and O–H groups in total. The lowest BCUT2D eigenvalue weighted by molar-refractivity contribution is 0.101. The summed E-state index contributed by atoms with van der Waals surface area (Å²) in [5.74, 6) is 2.77. The molecule has 0 bridgehead atoms. The quantitative estimate of drug-likeness (QED) is 0.565. The maximum Gasteiger partial charge on any atom is 0.191 e. The summed E-state index contributed by atoms with van der Waals surface area (Å²) in [6.45, 7) is 1.98. The van der Waals surface area contributed by atoms with Gasteiger partial charge in [-0.2, -0.15) is 0 Å². The predicted octanol–water partition coefficient (Wildman–Crippen LogP) is 3.78. The van der Waals surface area contributed by atoms with Crippen LogP contribution in [0.4, 0.5) is 0 Å². The predicted molar refractivity (Wildman–Crippen MR) is 93.1 cm³/mol. The number of methoxy groups -OCH3 is 1. The molecule has 1 heterocycles. The van der Waals surface area contributed by atoms with Gasteiger partial charge in [-0.1, -0.05) is 23.4 Å². The van der Waals surface area contributed by atoms with Crippen LogP contribution in [0.3, 0.4) is 0 Å². The highest BCUT2D eigenvalue weighted by molar-refractivity contribution is 7.99. The summed E-state index contributed by atoms with van der Waals surface area (Å²) in [6, 6.07) is 6.24. The van der Waals surface area contributed by atoms with Crippen LogP contribution in [0, 0.1) is 6.92 Å². The van der Waals surface area contributed by atoms with E-state index in [1.165, 1.54) is 37.4 Å². The average Bonchev–Trinajstić information content (AvgIpc) is 3.51. The molecular formula is C18H21N3O2S. The maximum absolute atomic E-state index is 12.6. The Morgan fingerprint density at radius 3 is 2.75 bits per heavy atom. The average molecular weight is 343 g/mol. The van der Waals surface area contributed by atoms with Gasteiger partial charge in [0.1, 0.15) is 11.6 Å². The van der Waals surface area contributed by atoms with Gasteiger partial charge >= 0.3 is 0 Å². The van der Waals surface area contributed by atoms with Gasteiger partial charge in [-0.3, -0.25) is 4.79 Å². The van der Waals surface area contributed by atoms with Gasteiger partial charge in [0.25, 0.3) is 0 Å². The molecule has 0 aliphatic heterocycles. The first-order chi connectivity index (χ1) is 11.7. The van der Waals surface area contributed by atoms with E-state index in [-0.39, 0.29) is 5.78 Å². The summed E-state index contributed by atoms with van der Waals surface area (Å²) in [6.07, 6.45) is 4.83. The highest BCUT2D eigenvalue weighted by Crippen LogP contribution is 2.46. The first kappa shape index (κ1) is 15.7. The van der Waals surface area contributed by atoms with Gasteiger partial charge in [0.2, 0.25) is 0 Å². The Balaban J connectivity index is 1.51. The SMILES string of the molecule is COc1ccc(C)cc1C(=O)CSc1nnc(C2CC2)n1C1CC1. The molecule has 2 aliphatic rings. The minimum atomic E-state index is 0.0684. The third-order valence-corrected chi connectivity index (χ3v) is 5.48. The molecule has 1 aromatic carbocycles. The Hall–Kier alpha value is -1.82. The second-order valence-electron chi connectivity index (χ2n) is 6.63. The Morgan fingerprint density at radius 1 is 1.29 bits per heavy atom. The number of carbonyl (C=O) groups excluding carboxylic acids is 1. The summed E-state index contributed by atoms with van der Waals surface area (Å²) in [4.78, 5) is 12.6. The molecule has 2 aromatic rings. The van der Waals surface area contributed by atoms with Gasteiger partial charge < -0.3 is 9.30 Å². The van der Waals surface area contributed by atoms with Crippen molar-refractivity contribution in [2.45, 2.75) is 49.7 Å². The summed E-state index contributed by atoms with van der Waals surface area (Å²) in [5, 5.41) is 9.64. The van der Waals surface area contributed by atoms with Crippen LogP contribution in [0.2, 0.25) is 0 Å². The van der Waals surface area contributed by atoms with Crippen molar-refractivity contribution < 1.29 is 9.53 Å². The third kappa shape index (κ3) is 3.07. The number of rotatable bonds is 7. The Morgan fingerprint density at radius 2 is 2.08 bits per heavy atom. The number of ether oxygens (including phenoxy) is 1. The standard InChI is InChI=1S/C18H21N3O2S/c1-11-3-8-16(23-2)14(9-11)15(22)10-24-18-20-19-17(12-4-5-12)21(18)13-6-7-13/h3,8-9,12-13H,4-7,10H2,1-2H3. The van der Waals surface area contributed by atoms with E-state index in [9.17, 15) is 4.79 Å². The zero-order valence-corrected chi connectivity index (χ0v) is 14.8. The topological polar surface area (TPSA) is 57.0 Å². The lowest BCUT2D eigenvalue weighted by Gasteiger charge is -2.10. The molecule has 0 atom stereocenters. The molecule has 0 amide bonds. The van der Waals surface area contributed by atoms with Crippen molar-refractivity contribution in [1.82, 2.24) is 14.8 Å². The van der Waals surface area contributed by atoms with Crippen LogP contribution in [0.1, 0.15) is 59.4 Å². The molecule has 0 saturated heterocycles. The van der Waals surface area contributed by atoms with Crippen LogP contribution in [0.25, 0.3) is 0 Å². The van der Waals surface area contributed by atoms with Crippen molar-refractivity contribution in [1.29, 1.82) is 0 Å². The van der Waals surface area contributed by atoms with Crippen LogP contribution in [0.15, 0.2) is 23.4 Å². The fraction of sp³-hybridized carbons (Fsp3) is 0.500. The van der Waals surface area contributed by atoms with Crippen LogP contribution in [-0.4, -0.2) is 33.4 Å². The second-order valence-corrected chi connectivity index (χ2v) is 7.57. The third-order valence-electron chi connectivity index (χ3n) is 4.53. The first-order valence-electron chi connectivity index (χ1n) is 8.43. The van der Waals surface area contributed by atoms with Crippen molar-refractivity contribution in [2.24, 2.45) is 0 Å². The molecule has 1 aromatic heterocycles. The Labute approximate surface area is 145 Å². The van der Waals surface area contributed by atoms with Crippen molar-refractivity contribution in [3.63, 3.8) is 0 Å². The van der Waals surface area contributed by atoms with Gasteiger partial charge in [-0.15, -0.1) is 10.2 Å². The van der Waals surface area contributed by atoms with E-state index in [0.29, 0.717) is 29.0 Å². The van der Waals surface area contributed by atoms with Gasteiger partial charge in [0, 0.05) is 12.0 Å². The molecule has 5 nitrogen and oxygen atoms in total. The number of nitrogens with zero attached hydrogens (tertiary/aromatic N) is 3. The largest absolute Gasteiger partial charge is 0.496 e. The van der Waals surface area contributed by atoms with E-state index in [1.807, 2.05) is 25.1 Å². The molecule has 4 rings (SSSR count). The molecule has 2 aliphatic carbocycles. The van der Waals surface area contributed by atoms with E-state index in [0.717, 1.165) is 16.5 Å². The lowest BCUT2D eigenvalue weighted by atomic mass is 10.1. The Kier molecular flexibility index (Phi) is 4.08. The van der Waals surface area contributed by atoms with Gasteiger partial charge in [-0.25, -0.2) is 0 Å². The monoisotopic (exact) mass is 343 g/mol. The number of thioether (sulfide) groups is 1. The van der Waals surface area contributed by atoms with E-state index in [2.05, 4.69) is 14.8 Å². The van der Waals surface area contributed by atoms with Crippen LogP contribution in [-0.2, 0) is 0 Å². The van der Waals surface area contributed by atoms with E-state index >= 15 is 0 Å². The van der Waals surface area contributed by atoms with Crippen LogP contribution in [0.5, 0.6) is 5.75 Å². The summed E-state index contributed by atoms with van der Waals surface area (Å²) >= 11 is 1.49. The number of aryl methyl sites for hydroxylation is 1. The second kappa shape index (κ2) is 6.24. The smallest absolute Gasteiger partial charge is 0.191 e. The first-order valence-corrected chi connectivity index (χ1v) is 9.41. The number of benzene rings is 1. The highest BCUT2D eigenvalue weighted by atomic mass is 32.2. The molecule has 0 spiro atoms. The van der Waals surface area contributed by atoms with Crippen LogP contribution < -0.4 is 4.74 Å². The molecule has 0 unspecified atom stereocenters. The summed E-state index contributed by atoms with van der Waals surface area (Å²) in [5.41, 5.74) is 1.70. The zero-order valence-electron chi connectivity index (χ0n) is 14.0. The maximum atomic E-state index is 12.6. The lowest BCUT2D eigenvalue weighted by Crippen LogP contribution is -2.07. The summed E-state index contributed by atoms with van der Waals surface area (Å²) < 4.78 is 7.61. The van der Waals surface area contributed by atoms with Crippen molar-refractivity contribution >= 4 is 17.5 Å². The minimum absolute atomic E-state index is 0.0684. The Bertz CT molecular complexity index is 779. The molecule has 126 valence electrons. The zero-order chi connectivity index (χ0) is 16.7. The van der Waals surface area contributed by atoms with Crippen molar-refractivity contribution in [3.8, 4) is 5.75 Å². The number of Topliss-reactive ketones (excluding diaryl/α,β-unsaturated/α-hetero) is 1. The normalized spacial score (nSPS) is 17.1.